The fraction of sp³-hybridized carbons (Fsp3) is 0.929. The Labute approximate surface area is 116 Å². The highest BCUT2D eigenvalue weighted by atomic mass is 16.2. The molecule has 5 nitrogen and oxygen atoms in total. The highest BCUT2D eigenvalue weighted by Gasteiger charge is 2.49. The second-order valence-electron chi connectivity index (χ2n) is 5.93. The van der Waals surface area contributed by atoms with Crippen LogP contribution in [-0.4, -0.2) is 86.6 Å². The summed E-state index contributed by atoms with van der Waals surface area (Å²) >= 11 is 0. The maximum atomic E-state index is 12.1. The van der Waals surface area contributed by atoms with Gasteiger partial charge in [-0.05, 0) is 7.05 Å². The Morgan fingerprint density at radius 1 is 1.11 bits per heavy atom. The van der Waals surface area contributed by atoms with Gasteiger partial charge in [0.25, 0.3) is 0 Å². The molecule has 19 heavy (non-hydrogen) atoms. The van der Waals surface area contributed by atoms with Crippen LogP contribution in [0.15, 0.2) is 0 Å². The summed E-state index contributed by atoms with van der Waals surface area (Å²) < 4.78 is 0. The first-order valence-corrected chi connectivity index (χ1v) is 7.56. The topological polar surface area (TPSA) is 38.8 Å². The lowest BCUT2D eigenvalue weighted by Crippen LogP contribution is -2.72. The van der Waals surface area contributed by atoms with Gasteiger partial charge in [0.1, 0.15) is 0 Å². The maximum absolute atomic E-state index is 12.1. The molecular formula is C14H28N4O. The molecule has 1 spiro atoms. The van der Waals surface area contributed by atoms with Crippen molar-refractivity contribution in [2.45, 2.75) is 13.8 Å². The largest absolute Gasteiger partial charge is 0.340 e. The van der Waals surface area contributed by atoms with Crippen LogP contribution in [0, 0.1) is 5.41 Å². The number of likely N-dealkylation sites (N-methyl/N-ethyl adjacent to an activating group) is 1. The number of hydrogen-bond acceptors (Lipinski definition) is 4. The lowest BCUT2D eigenvalue weighted by atomic mass is 9.74. The van der Waals surface area contributed by atoms with Gasteiger partial charge < -0.3 is 15.1 Å². The number of nitrogens with one attached hydrogen (secondary N) is 1. The zero-order valence-corrected chi connectivity index (χ0v) is 12.6. The van der Waals surface area contributed by atoms with E-state index in [0.717, 1.165) is 52.4 Å². The summed E-state index contributed by atoms with van der Waals surface area (Å²) in [5.74, 6) is 0.326. The van der Waals surface area contributed by atoms with Gasteiger partial charge in [-0.15, -0.1) is 0 Å². The first kappa shape index (κ1) is 14.8. The molecule has 0 aromatic carbocycles. The van der Waals surface area contributed by atoms with E-state index in [2.05, 4.69) is 22.2 Å². The summed E-state index contributed by atoms with van der Waals surface area (Å²) in [6, 6.07) is 0. The lowest BCUT2D eigenvalue weighted by molar-refractivity contribution is -0.148. The van der Waals surface area contributed by atoms with Crippen LogP contribution in [0.5, 0.6) is 0 Å². The van der Waals surface area contributed by atoms with Crippen LogP contribution in [0.3, 0.4) is 0 Å². The Hall–Kier alpha value is -0.650. The zero-order valence-electron chi connectivity index (χ0n) is 12.6. The number of carbonyl (C=O) groups excluding carboxylic acids is 1. The molecule has 110 valence electrons. The van der Waals surface area contributed by atoms with E-state index in [1.165, 1.54) is 0 Å². The number of rotatable bonds is 2. The molecule has 0 saturated carbocycles. The third-order valence-electron chi connectivity index (χ3n) is 4.36. The maximum Gasteiger partial charge on any atom is 0.236 e. The Balaban J connectivity index is 0.000000637. The highest BCUT2D eigenvalue weighted by molar-refractivity contribution is 5.79. The molecule has 0 bridgehead atoms. The molecule has 5 heteroatoms. The second kappa shape index (κ2) is 6.20. The fourth-order valence-corrected chi connectivity index (χ4v) is 2.94. The van der Waals surface area contributed by atoms with Gasteiger partial charge in [-0.25, -0.2) is 0 Å². The molecule has 3 saturated heterocycles. The monoisotopic (exact) mass is 268 g/mol. The standard InChI is InChI=1S/C12H22N4O.C2H6/c1-14-2-4-15(5-3-14)6-11(17)16-9-12(10-16)7-13-8-12;1-2/h13H,2-10H2,1H3;1-2H3. The van der Waals surface area contributed by atoms with Crippen LogP contribution < -0.4 is 5.32 Å². The summed E-state index contributed by atoms with van der Waals surface area (Å²) in [6.07, 6.45) is 0. The van der Waals surface area contributed by atoms with Crippen LogP contribution in [0.1, 0.15) is 13.8 Å². The van der Waals surface area contributed by atoms with Gasteiger partial charge in [-0.1, -0.05) is 13.8 Å². The van der Waals surface area contributed by atoms with Crippen molar-refractivity contribution in [2.75, 3.05) is 66.0 Å². The number of piperazine rings is 1. The van der Waals surface area contributed by atoms with Gasteiger partial charge >= 0.3 is 0 Å². The molecule has 0 aromatic heterocycles. The summed E-state index contributed by atoms with van der Waals surface area (Å²) in [6.45, 7) is 13.0. The van der Waals surface area contributed by atoms with Crippen LogP contribution >= 0.6 is 0 Å². The third-order valence-corrected chi connectivity index (χ3v) is 4.36. The van der Waals surface area contributed by atoms with Crippen molar-refractivity contribution in [3.05, 3.63) is 0 Å². The highest BCUT2D eigenvalue weighted by Crippen LogP contribution is 2.33. The smallest absolute Gasteiger partial charge is 0.236 e. The fourth-order valence-electron chi connectivity index (χ4n) is 2.94. The minimum Gasteiger partial charge on any atom is -0.340 e. The van der Waals surface area contributed by atoms with Gasteiger partial charge in [0.05, 0.1) is 6.54 Å². The number of hydrogen-bond donors (Lipinski definition) is 1. The van der Waals surface area contributed by atoms with Crippen LogP contribution in [0.4, 0.5) is 0 Å². The molecule has 1 amide bonds. The SMILES string of the molecule is CC.CN1CCN(CC(=O)N2CC3(CNC3)C2)CC1. The van der Waals surface area contributed by atoms with Crippen molar-refractivity contribution in [3.63, 3.8) is 0 Å². The summed E-state index contributed by atoms with van der Waals surface area (Å²) in [5.41, 5.74) is 0.456. The first-order valence-electron chi connectivity index (χ1n) is 7.56. The zero-order chi connectivity index (χ0) is 13.9. The van der Waals surface area contributed by atoms with Crippen molar-refractivity contribution in [1.29, 1.82) is 0 Å². The van der Waals surface area contributed by atoms with Gasteiger partial charge in [-0.2, -0.15) is 0 Å². The van der Waals surface area contributed by atoms with E-state index in [1.54, 1.807) is 0 Å². The van der Waals surface area contributed by atoms with Crippen molar-refractivity contribution in [1.82, 2.24) is 20.0 Å². The molecule has 0 aromatic rings. The van der Waals surface area contributed by atoms with Gasteiger partial charge in [0, 0.05) is 57.8 Å². The summed E-state index contributed by atoms with van der Waals surface area (Å²) in [4.78, 5) is 18.7. The average Bonchev–Trinajstić information content (AvgIpc) is 2.31. The number of carbonyl (C=O) groups is 1. The molecule has 3 rings (SSSR count). The molecule has 3 heterocycles. The van der Waals surface area contributed by atoms with E-state index < -0.39 is 0 Å². The summed E-state index contributed by atoms with van der Waals surface area (Å²) in [5, 5.41) is 3.30. The third kappa shape index (κ3) is 3.27. The normalized spacial score (nSPS) is 26.2. The van der Waals surface area contributed by atoms with Crippen molar-refractivity contribution >= 4 is 5.91 Å². The number of likely N-dealkylation sites (tertiary alicyclic amines) is 1. The predicted octanol–water partition coefficient (Wildman–Crippen LogP) is -0.308. The van der Waals surface area contributed by atoms with Gasteiger partial charge in [0.2, 0.25) is 5.91 Å². The molecule has 0 atom stereocenters. The molecule has 3 aliphatic heterocycles. The average molecular weight is 268 g/mol. The Morgan fingerprint density at radius 2 is 1.68 bits per heavy atom. The van der Waals surface area contributed by atoms with Crippen LogP contribution in [0.25, 0.3) is 0 Å². The summed E-state index contributed by atoms with van der Waals surface area (Å²) in [7, 11) is 2.14. The predicted molar refractivity (Wildman–Crippen MR) is 77.2 cm³/mol. The molecule has 0 unspecified atom stereocenters. The van der Waals surface area contributed by atoms with Gasteiger partial charge in [-0.3, -0.25) is 9.69 Å². The molecule has 0 aliphatic carbocycles. The number of nitrogens with zero attached hydrogens (tertiary/aromatic N) is 3. The van der Waals surface area contributed by atoms with Crippen molar-refractivity contribution < 1.29 is 4.79 Å². The molecular weight excluding hydrogens is 240 g/mol. The Bertz CT molecular complexity index is 301. The van der Waals surface area contributed by atoms with E-state index in [4.69, 9.17) is 0 Å². The van der Waals surface area contributed by atoms with E-state index in [-0.39, 0.29) is 0 Å². The van der Waals surface area contributed by atoms with E-state index in [0.29, 0.717) is 17.9 Å². The quantitative estimate of drug-likeness (QED) is 0.746. The minimum absolute atomic E-state index is 0.326. The molecule has 1 N–H and O–H groups in total. The van der Waals surface area contributed by atoms with Crippen LogP contribution in [-0.2, 0) is 4.79 Å². The number of amides is 1. The van der Waals surface area contributed by atoms with Crippen LogP contribution in [0.2, 0.25) is 0 Å². The Morgan fingerprint density at radius 3 is 2.16 bits per heavy atom. The minimum atomic E-state index is 0.326. The van der Waals surface area contributed by atoms with E-state index in [9.17, 15) is 4.79 Å². The lowest BCUT2D eigenvalue weighted by Gasteiger charge is -2.56. The van der Waals surface area contributed by atoms with Crippen molar-refractivity contribution in [2.24, 2.45) is 5.41 Å². The molecule has 0 radical (unpaired) electrons. The van der Waals surface area contributed by atoms with E-state index in [1.807, 2.05) is 18.7 Å². The second-order valence-corrected chi connectivity index (χ2v) is 5.93. The Kier molecular flexibility index (Phi) is 4.81. The van der Waals surface area contributed by atoms with E-state index >= 15 is 0 Å². The molecule has 3 aliphatic rings. The van der Waals surface area contributed by atoms with Gasteiger partial charge in [0.15, 0.2) is 0 Å². The van der Waals surface area contributed by atoms with Crippen molar-refractivity contribution in [3.8, 4) is 0 Å². The first-order chi connectivity index (χ1) is 9.17. The molecule has 3 fully saturated rings.